The third kappa shape index (κ3) is 4.42. The third-order valence-electron chi connectivity index (χ3n) is 7.45. The summed E-state index contributed by atoms with van der Waals surface area (Å²) in [4.78, 5) is 56.0. The number of halogens is 4. The highest BCUT2D eigenvalue weighted by Gasteiger charge is 2.58. The van der Waals surface area contributed by atoms with E-state index >= 15 is 0 Å². The SMILES string of the molecule is CC(NC(=O)c1cc(C(F)(F)F)ccc1F)C(=O)N1CCC2(CC1)C(=O)N(C)C(=O)N2c1ccc2[nH]ncc2c1. The van der Waals surface area contributed by atoms with Crippen LogP contribution in [-0.4, -0.2) is 75.5 Å². The maximum absolute atomic E-state index is 14.1. The summed E-state index contributed by atoms with van der Waals surface area (Å²) in [7, 11) is 1.39. The lowest BCUT2D eigenvalue weighted by Gasteiger charge is -2.42. The van der Waals surface area contributed by atoms with Crippen molar-refractivity contribution in [2.75, 3.05) is 25.0 Å². The summed E-state index contributed by atoms with van der Waals surface area (Å²) in [6.07, 6.45) is -2.96. The number of benzene rings is 2. The predicted molar refractivity (Wildman–Crippen MR) is 134 cm³/mol. The molecule has 2 aliphatic rings. The van der Waals surface area contributed by atoms with E-state index in [4.69, 9.17) is 0 Å². The van der Waals surface area contributed by atoms with Gasteiger partial charge in [0, 0.05) is 31.2 Å². The number of rotatable bonds is 4. The average molecular weight is 561 g/mol. The molecule has 3 heterocycles. The topological polar surface area (TPSA) is 119 Å². The number of H-pyrrole nitrogens is 1. The van der Waals surface area contributed by atoms with Crippen LogP contribution in [0, 0.1) is 5.82 Å². The molecule has 5 amide bonds. The second kappa shape index (κ2) is 9.61. The van der Waals surface area contributed by atoms with Gasteiger partial charge in [-0.25, -0.2) is 9.18 Å². The molecule has 2 aromatic carbocycles. The van der Waals surface area contributed by atoms with Crippen molar-refractivity contribution in [3.05, 3.63) is 59.5 Å². The van der Waals surface area contributed by atoms with Gasteiger partial charge in [0.25, 0.3) is 11.8 Å². The number of nitrogens with zero attached hydrogens (tertiary/aromatic N) is 4. The number of hydrogen-bond acceptors (Lipinski definition) is 5. The van der Waals surface area contributed by atoms with Crippen LogP contribution < -0.4 is 10.2 Å². The molecule has 14 heteroatoms. The van der Waals surface area contributed by atoms with Crippen molar-refractivity contribution in [3.8, 4) is 0 Å². The molecule has 1 atom stereocenters. The molecule has 0 bridgehead atoms. The fourth-order valence-electron chi connectivity index (χ4n) is 5.27. The highest BCUT2D eigenvalue weighted by atomic mass is 19.4. The van der Waals surface area contributed by atoms with Crippen LogP contribution in [0.3, 0.4) is 0 Å². The molecule has 0 radical (unpaired) electrons. The molecule has 2 N–H and O–H groups in total. The van der Waals surface area contributed by atoms with Gasteiger partial charge in [0.05, 0.1) is 22.8 Å². The van der Waals surface area contributed by atoms with Crippen LogP contribution in [0.4, 0.5) is 28.0 Å². The van der Waals surface area contributed by atoms with Crippen molar-refractivity contribution >= 4 is 40.3 Å². The number of hydrogen-bond donors (Lipinski definition) is 2. The van der Waals surface area contributed by atoms with Gasteiger partial charge in [0.15, 0.2) is 0 Å². The number of imide groups is 1. The molecule has 5 rings (SSSR count). The Bertz CT molecular complexity index is 1530. The van der Waals surface area contributed by atoms with Crippen LogP contribution in [-0.2, 0) is 15.8 Å². The third-order valence-corrected chi connectivity index (χ3v) is 7.45. The van der Waals surface area contributed by atoms with Gasteiger partial charge in [0.2, 0.25) is 5.91 Å². The van der Waals surface area contributed by atoms with Crippen molar-refractivity contribution in [2.45, 2.75) is 37.5 Å². The predicted octanol–water partition coefficient (Wildman–Crippen LogP) is 3.30. The number of aromatic amines is 1. The molecular weight excluding hydrogens is 536 g/mol. The minimum absolute atomic E-state index is 0.0638. The van der Waals surface area contributed by atoms with Gasteiger partial charge in [-0.2, -0.15) is 18.3 Å². The standard InChI is InChI=1S/C26H24F4N6O4/c1-14(32-21(37)18-12-16(26(28,29)30)3-5-19(18)27)22(38)35-9-7-25(8-10-35)23(39)34(2)24(40)36(25)17-4-6-20-15(11-17)13-31-33-20/h3-6,11-14H,7-10H2,1-2H3,(H,31,33)(H,32,37). The first-order valence-corrected chi connectivity index (χ1v) is 12.4. The van der Waals surface area contributed by atoms with E-state index in [9.17, 15) is 36.7 Å². The maximum Gasteiger partial charge on any atom is 0.416 e. The maximum atomic E-state index is 14.1. The van der Waals surface area contributed by atoms with Crippen molar-refractivity contribution in [1.82, 2.24) is 25.3 Å². The fourth-order valence-corrected chi connectivity index (χ4v) is 5.27. The molecule has 1 aromatic heterocycles. The molecule has 0 saturated carbocycles. The number of likely N-dealkylation sites (N-methyl/N-ethyl adjacent to an activating group) is 1. The number of aromatic nitrogens is 2. The van der Waals surface area contributed by atoms with Crippen molar-refractivity contribution in [2.24, 2.45) is 0 Å². The molecule has 10 nitrogen and oxygen atoms in total. The first-order valence-electron chi connectivity index (χ1n) is 12.4. The molecule has 3 aromatic rings. The van der Waals surface area contributed by atoms with Crippen LogP contribution in [0.1, 0.15) is 35.7 Å². The zero-order valence-electron chi connectivity index (χ0n) is 21.4. The molecular formula is C26H24F4N6O4. The van der Waals surface area contributed by atoms with Gasteiger partial charge in [-0.3, -0.25) is 29.3 Å². The van der Waals surface area contributed by atoms with E-state index in [1.54, 1.807) is 24.4 Å². The highest BCUT2D eigenvalue weighted by molar-refractivity contribution is 6.17. The number of piperidine rings is 1. The number of carbonyl (C=O) groups excluding carboxylic acids is 4. The lowest BCUT2D eigenvalue weighted by Crippen LogP contribution is -2.59. The first kappa shape index (κ1) is 27.1. The molecule has 40 heavy (non-hydrogen) atoms. The molecule has 210 valence electrons. The van der Waals surface area contributed by atoms with Gasteiger partial charge >= 0.3 is 12.2 Å². The molecule has 2 saturated heterocycles. The van der Waals surface area contributed by atoms with E-state index in [-0.39, 0.29) is 25.9 Å². The Morgan fingerprint density at radius 2 is 1.80 bits per heavy atom. The summed E-state index contributed by atoms with van der Waals surface area (Å²) in [6, 6.07) is 4.95. The number of nitrogens with one attached hydrogen (secondary N) is 2. The number of alkyl halides is 3. The van der Waals surface area contributed by atoms with Crippen LogP contribution in [0.15, 0.2) is 42.6 Å². The van der Waals surface area contributed by atoms with Crippen molar-refractivity contribution < 1.29 is 36.7 Å². The van der Waals surface area contributed by atoms with Gasteiger partial charge in [-0.1, -0.05) is 0 Å². The number of urea groups is 1. The zero-order chi connectivity index (χ0) is 29.0. The quantitative estimate of drug-likeness (QED) is 0.375. The molecule has 1 spiro atoms. The fraction of sp³-hybridized carbons (Fsp3) is 0.346. The summed E-state index contributed by atoms with van der Waals surface area (Å²) >= 11 is 0. The van der Waals surface area contributed by atoms with Gasteiger partial charge < -0.3 is 10.2 Å². The largest absolute Gasteiger partial charge is 0.416 e. The zero-order valence-corrected chi connectivity index (χ0v) is 21.4. The van der Waals surface area contributed by atoms with Crippen molar-refractivity contribution in [1.29, 1.82) is 0 Å². The minimum atomic E-state index is -4.78. The Labute approximate surface area is 224 Å². The average Bonchev–Trinajstić information content (AvgIpc) is 3.45. The summed E-state index contributed by atoms with van der Waals surface area (Å²) in [5.41, 5.74) is -2.01. The Morgan fingerprint density at radius 1 is 1.10 bits per heavy atom. The normalized spacial score (nSPS) is 18.1. The van der Waals surface area contributed by atoms with E-state index in [0.29, 0.717) is 23.9 Å². The number of fused-ring (bicyclic) bond motifs is 1. The van der Waals surface area contributed by atoms with E-state index in [1.165, 1.54) is 23.8 Å². The van der Waals surface area contributed by atoms with Crippen LogP contribution in [0.2, 0.25) is 0 Å². The van der Waals surface area contributed by atoms with Gasteiger partial charge in [-0.15, -0.1) is 0 Å². The number of anilines is 1. The van der Waals surface area contributed by atoms with Crippen LogP contribution in [0.5, 0.6) is 0 Å². The second-order valence-corrected chi connectivity index (χ2v) is 9.87. The highest BCUT2D eigenvalue weighted by Crippen LogP contribution is 2.41. The summed E-state index contributed by atoms with van der Waals surface area (Å²) in [6.45, 7) is 1.46. The van der Waals surface area contributed by atoms with E-state index in [2.05, 4.69) is 15.5 Å². The first-order chi connectivity index (χ1) is 18.8. The lowest BCUT2D eigenvalue weighted by molar-refractivity contribution is -0.138. The number of likely N-dealkylation sites (tertiary alicyclic amines) is 1. The van der Waals surface area contributed by atoms with E-state index in [0.717, 1.165) is 15.8 Å². The molecule has 0 aliphatic carbocycles. The minimum Gasteiger partial charge on any atom is -0.341 e. The molecule has 1 unspecified atom stereocenters. The Balaban J connectivity index is 1.30. The second-order valence-electron chi connectivity index (χ2n) is 9.87. The Kier molecular flexibility index (Phi) is 6.51. The monoisotopic (exact) mass is 560 g/mol. The van der Waals surface area contributed by atoms with E-state index < -0.39 is 58.5 Å². The summed E-state index contributed by atoms with van der Waals surface area (Å²) in [5.74, 6) is -3.30. The summed E-state index contributed by atoms with van der Waals surface area (Å²) in [5, 5.41) is 9.81. The van der Waals surface area contributed by atoms with Crippen LogP contribution in [0.25, 0.3) is 10.9 Å². The molecule has 2 aliphatic heterocycles. The Hall–Kier alpha value is -4.49. The Morgan fingerprint density at radius 3 is 2.48 bits per heavy atom. The number of amides is 5. The van der Waals surface area contributed by atoms with Gasteiger partial charge in [-0.05, 0) is 56.2 Å². The summed E-state index contributed by atoms with van der Waals surface area (Å²) < 4.78 is 53.2. The van der Waals surface area contributed by atoms with Crippen molar-refractivity contribution in [3.63, 3.8) is 0 Å². The van der Waals surface area contributed by atoms with Gasteiger partial charge in [0.1, 0.15) is 17.4 Å². The molecule has 2 fully saturated rings. The smallest absolute Gasteiger partial charge is 0.341 e. The number of carbonyl (C=O) groups is 4. The lowest BCUT2D eigenvalue weighted by atomic mass is 9.85. The van der Waals surface area contributed by atoms with E-state index in [1.807, 2.05) is 0 Å². The van der Waals surface area contributed by atoms with Crippen LogP contribution >= 0.6 is 0 Å².